The van der Waals surface area contributed by atoms with Crippen molar-refractivity contribution in [1.29, 1.82) is 0 Å². The van der Waals surface area contributed by atoms with Gasteiger partial charge in [0.05, 0.1) is 0 Å². The van der Waals surface area contributed by atoms with E-state index in [1.165, 1.54) is 0 Å². The van der Waals surface area contributed by atoms with Gasteiger partial charge < -0.3 is 31.3 Å². The molecule has 6 N–H and O–H groups in total. The highest BCUT2D eigenvalue weighted by atomic mass is 16.4. The SMILES string of the molecule is O=C(O)/C=C/C(=O)NCCN(CCNC(=O)/C=C/C(=O)O)CCNC(=O)/C=C/C(=O)O. The Balaban J connectivity index is 4.58. The molecule has 13 nitrogen and oxygen atoms in total. The molecular formula is C18H24N4O9. The van der Waals surface area contributed by atoms with E-state index in [4.69, 9.17) is 15.3 Å². The molecule has 0 aromatic rings. The number of carbonyl (C=O) groups is 6. The van der Waals surface area contributed by atoms with Crippen molar-refractivity contribution in [3.05, 3.63) is 36.5 Å². The summed E-state index contributed by atoms with van der Waals surface area (Å²) < 4.78 is 0. The molecule has 0 heterocycles. The molecule has 0 aromatic heterocycles. The van der Waals surface area contributed by atoms with Gasteiger partial charge in [0, 0.05) is 75.7 Å². The standard InChI is InChI=1S/C18H24N4O9/c23-13(1-4-16(26)27)19-7-10-22(11-8-20-14(24)2-5-17(28)29)12-9-21-15(25)3-6-18(30)31/h1-6H,7-12H2,(H,19,23)(H,20,24)(H,21,25)(H,26,27)(H,28,29)(H,30,31)/b4-1+,5-2+,6-3+. The number of nitrogens with one attached hydrogen (secondary N) is 3. The Morgan fingerprint density at radius 1 is 0.516 bits per heavy atom. The first-order valence-electron chi connectivity index (χ1n) is 8.89. The number of carboxylic acids is 3. The van der Waals surface area contributed by atoms with Crippen molar-refractivity contribution in [3.63, 3.8) is 0 Å². The third-order valence-electron chi connectivity index (χ3n) is 3.31. The van der Waals surface area contributed by atoms with E-state index in [2.05, 4.69) is 16.0 Å². The minimum absolute atomic E-state index is 0.141. The van der Waals surface area contributed by atoms with E-state index >= 15 is 0 Å². The van der Waals surface area contributed by atoms with Gasteiger partial charge in [-0.05, 0) is 0 Å². The molecule has 0 aromatic carbocycles. The topological polar surface area (TPSA) is 202 Å². The number of hydrogen-bond donors (Lipinski definition) is 6. The van der Waals surface area contributed by atoms with Crippen molar-refractivity contribution in [2.24, 2.45) is 0 Å². The second-order valence-electron chi connectivity index (χ2n) is 5.73. The second-order valence-corrected chi connectivity index (χ2v) is 5.73. The Labute approximate surface area is 177 Å². The summed E-state index contributed by atoms with van der Waals surface area (Å²) in [7, 11) is 0. The summed E-state index contributed by atoms with van der Waals surface area (Å²) in [6.07, 6.45) is 4.64. The van der Waals surface area contributed by atoms with Crippen LogP contribution in [0.4, 0.5) is 0 Å². The first kappa shape index (κ1) is 27.0. The maximum absolute atomic E-state index is 11.5. The molecule has 0 saturated heterocycles. The van der Waals surface area contributed by atoms with Gasteiger partial charge in [-0.25, -0.2) is 14.4 Å². The highest BCUT2D eigenvalue weighted by Gasteiger charge is 2.07. The molecule has 13 heteroatoms. The van der Waals surface area contributed by atoms with Crippen LogP contribution in [-0.4, -0.2) is 95.1 Å². The molecule has 0 radical (unpaired) electrons. The fourth-order valence-electron chi connectivity index (χ4n) is 1.96. The first-order valence-corrected chi connectivity index (χ1v) is 8.89. The molecule has 0 aliphatic heterocycles. The van der Waals surface area contributed by atoms with Gasteiger partial charge in [0.15, 0.2) is 0 Å². The molecule has 0 saturated carbocycles. The number of carbonyl (C=O) groups excluding carboxylic acids is 3. The van der Waals surface area contributed by atoms with Gasteiger partial charge in [0.2, 0.25) is 17.7 Å². The van der Waals surface area contributed by atoms with Crippen LogP contribution in [0.15, 0.2) is 36.5 Å². The van der Waals surface area contributed by atoms with Crippen LogP contribution >= 0.6 is 0 Å². The zero-order valence-corrected chi connectivity index (χ0v) is 16.4. The lowest BCUT2D eigenvalue weighted by molar-refractivity contribution is -0.132. The monoisotopic (exact) mass is 440 g/mol. The van der Waals surface area contributed by atoms with Gasteiger partial charge in [-0.1, -0.05) is 0 Å². The molecule has 0 spiro atoms. The van der Waals surface area contributed by atoms with Crippen LogP contribution in [0, 0.1) is 0 Å². The summed E-state index contributed by atoms with van der Waals surface area (Å²) in [5.41, 5.74) is 0. The zero-order chi connectivity index (χ0) is 23.6. The van der Waals surface area contributed by atoms with Crippen LogP contribution in [0.1, 0.15) is 0 Å². The third kappa shape index (κ3) is 17.8. The van der Waals surface area contributed by atoms with Crippen LogP contribution in [0.3, 0.4) is 0 Å². The van der Waals surface area contributed by atoms with Crippen LogP contribution < -0.4 is 16.0 Å². The predicted molar refractivity (Wildman–Crippen MR) is 106 cm³/mol. The van der Waals surface area contributed by atoms with Gasteiger partial charge in [-0.15, -0.1) is 0 Å². The lowest BCUT2D eigenvalue weighted by Gasteiger charge is -2.22. The van der Waals surface area contributed by atoms with Gasteiger partial charge in [0.25, 0.3) is 0 Å². The molecule has 0 rings (SSSR count). The summed E-state index contributed by atoms with van der Waals surface area (Å²) in [6, 6.07) is 0. The molecule has 0 aliphatic rings. The van der Waals surface area contributed by atoms with Crippen molar-refractivity contribution >= 4 is 35.6 Å². The van der Waals surface area contributed by atoms with Gasteiger partial charge in [0.1, 0.15) is 0 Å². The summed E-state index contributed by atoms with van der Waals surface area (Å²) in [5, 5.41) is 32.9. The largest absolute Gasteiger partial charge is 0.478 e. The molecule has 31 heavy (non-hydrogen) atoms. The highest BCUT2D eigenvalue weighted by molar-refractivity contribution is 5.94. The smallest absolute Gasteiger partial charge is 0.328 e. The minimum atomic E-state index is -1.27. The van der Waals surface area contributed by atoms with Crippen molar-refractivity contribution < 1.29 is 44.1 Å². The summed E-state index contributed by atoms with van der Waals surface area (Å²) in [4.78, 5) is 67.4. The number of aliphatic carboxylic acids is 3. The molecule has 0 fully saturated rings. The van der Waals surface area contributed by atoms with E-state index in [1.807, 2.05) is 0 Å². The van der Waals surface area contributed by atoms with Crippen LogP contribution in [0.5, 0.6) is 0 Å². The van der Waals surface area contributed by atoms with Gasteiger partial charge in [-0.2, -0.15) is 0 Å². The summed E-state index contributed by atoms with van der Waals surface area (Å²) >= 11 is 0. The molecule has 0 bridgehead atoms. The van der Waals surface area contributed by atoms with Crippen molar-refractivity contribution in [2.75, 3.05) is 39.3 Å². The number of rotatable bonds is 15. The van der Waals surface area contributed by atoms with E-state index in [0.29, 0.717) is 18.2 Å². The van der Waals surface area contributed by atoms with Crippen molar-refractivity contribution in [1.82, 2.24) is 20.9 Å². The average Bonchev–Trinajstić information content (AvgIpc) is 2.68. The van der Waals surface area contributed by atoms with Crippen molar-refractivity contribution in [3.8, 4) is 0 Å². The maximum Gasteiger partial charge on any atom is 0.328 e. The molecule has 0 aliphatic carbocycles. The summed E-state index contributed by atoms with van der Waals surface area (Å²) in [6.45, 7) is 1.28. The average molecular weight is 440 g/mol. The molecule has 0 unspecified atom stereocenters. The fraction of sp³-hybridized carbons (Fsp3) is 0.333. The third-order valence-corrected chi connectivity index (χ3v) is 3.31. The Morgan fingerprint density at radius 3 is 1.00 bits per heavy atom. The number of nitrogens with zero attached hydrogens (tertiary/aromatic N) is 1. The van der Waals surface area contributed by atoms with E-state index in [9.17, 15) is 28.8 Å². The van der Waals surface area contributed by atoms with Crippen molar-refractivity contribution in [2.45, 2.75) is 0 Å². The zero-order valence-electron chi connectivity index (χ0n) is 16.4. The number of hydrogen-bond acceptors (Lipinski definition) is 7. The van der Waals surface area contributed by atoms with Gasteiger partial charge in [-0.3, -0.25) is 19.3 Å². The Bertz CT molecular complexity index is 659. The van der Waals surface area contributed by atoms with E-state index in [1.54, 1.807) is 4.90 Å². The van der Waals surface area contributed by atoms with Crippen LogP contribution in [0.25, 0.3) is 0 Å². The van der Waals surface area contributed by atoms with E-state index in [-0.39, 0.29) is 39.3 Å². The number of amides is 3. The molecule has 170 valence electrons. The molecule has 3 amide bonds. The minimum Gasteiger partial charge on any atom is -0.478 e. The van der Waals surface area contributed by atoms with E-state index < -0.39 is 35.6 Å². The molecular weight excluding hydrogens is 416 g/mol. The normalized spacial score (nSPS) is 11.1. The quantitative estimate of drug-likeness (QED) is 0.148. The summed E-state index contributed by atoms with van der Waals surface area (Å²) in [5.74, 6) is -5.63. The van der Waals surface area contributed by atoms with Gasteiger partial charge >= 0.3 is 17.9 Å². The van der Waals surface area contributed by atoms with E-state index in [0.717, 1.165) is 18.2 Å². The Hall–Kier alpha value is -4.00. The Kier molecular flexibility index (Phi) is 13.8. The lowest BCUT2D eigenvalue weighted by atomic mass is 10.4. The predicted octanol–water partition coefficient (Wildman–Crippen LogP) is -2.44. The first-order chi connectivity index (χ1) is 14.6. The highest BCUT2D eigenvalue weighted by Crippen LogP contribution is 1.88. The van der Waals surface area contributed by atoms with Crippen LogP contribution in [0.2, 0.25) is 0 Å². The van der Waals surface area contributed by atoms with Crippen LogP contribution in [-0.2, 0) is 28.8 Å². The number of carboxylic acid groups (broad SMARTS) is 3. The fourth-order valence-corrected chi connectivity index (χ4v) is 1.96. The second kappa shape index (κ2) is 15.9. The maximum atomic E-state index is 11.5. The lowest BCUT2D eigenvalue weighted by Crippen LogP contribution is -2.42. The molecule has 0 atom stereocenters. The Morgan fingerprint density at radius 2 is 0.774 bits per heavy atom.